The molecule has 0 saturated carbocycles. The van der Waals surface area contributed by atoms with Crippen LogP contribution < -0.4 is 5.46 Å². The van der Waals surface area contributed by atoms with Crippen molar-refractivity contribution in [2.24, 2.45) is 0 Å². The van der Waals surface area contributed by atoms with E-state index in [2.05, 4.69) is 200 Å². The molecular weight excluding hydrogens is 867 g/mol. The van der Waals surface area contributed by atoms with Gasteiger partial charge in [-0.25, -0.2) is 0 Å². The van der Waals surface area contributed by atoms with Crippen molar-refractivity contribution in [3.05, 3.63) is 257 Å². The number of hydrogen-bond acceptors (Lipinski definition) is 4. The van der Waals surface area contributed by atoms with Gasteiger partial charge in [0.15, 0.2) is 0 Å². The largest absolute Gasteiger partial charge is 0.492 e. The van der Waals surface area contributed by atoms with Crippen LogP contribution in [-0.2, 0) is 10.8 Å². The number of furan rings is 2. The fourth-order valence-corrected chi connectivity index (χ4v) is 13.0. The Bertz CT molecular complexity index is 4030. The highest BCUT2D eigenvalue weighted by Gasteiger charge is 2.54. The predicted molar refractivity (Wildman–Crippen MR) is 282 cm³/mol. The van der Waals surface area contributed by atoms with Crippen molar-refractivity contribution in [2.75, 3.05) is 6.38 Å². The number of hydrogen-bond donors (Lipinski definition) is 2. The van der Waals surface area contributed by atoms with Crippen molar-refractivity contribution in [3.8, 4) is 44.5 Å². The first kappa shape index (κ1) is 40.2. The summed E-state index contributed by atoms with van der Waals surface area (Å²) < 4.78 is 13.0. The Morgan fingerprint density at radius 1 is 0.319 bits per heavy atom. The first-order valence-electron chi connectivity index (χ1n) is 23.4. The number of benzene rings is 10. The Labute approximate surface area is 403 Å². The Hall–Kier alpha value is -7.93. The molecule has 12 aromatic rings. The molecule has 69 heavy (non-hydrogen) atoms. The van der Waals surface area contributed by atoms with E-state index < -0.39 is 12.5 Å². The third-order valence-corrected chi connectivity index (χ3v) is 15.4. The van der Waals surface area contributed by atoms with Crippen LogP contribution in [0.15, 0.2) is 221 Å². The molecule has 6 heteroatoms. The topological polar surface area (TPSA) is 66.7 Å². The maximum atomic E-state index is 9.98. The zero-order chi connectivity index (χ0) is 46.2. The lowest BCUT2D eigenvalue weighted by atomic mass is 9.70. The van der Waals surface area contributed by atoms with Crippen LogP contribution in [0.2, 0.25) is 0 Å². The lowest BCUT2D eigenvalue weighted by molar-refractivity contribution is 0.425. The number of fused-ring (bicyclic) bond motifs is 28. The summed E-state index contributed by atoms with van der Waals surface area (Å²) in [5.41, 5.74) is 23.3. The summed E-state index contributed by atoms with van der Waals surface area (Å²) in [6.07, 6.45) is 1.47. The molecule has 0 amide bonds. The minimum Gasteiger partial charge on any atom is -0.456 e. The molecule has 326 valence electrons. The second kappa shape index (κ2) is 14.8. The van der Waals surface area contributed by atoms with Gasteiger partial charge in [-0.1, -0.05) is 206 Å². The number of para-hydroxylation sites is 2. The lowest BCUT2D eigenvalue weighted by Gasteiger charge is -2.30. The number of rotatable bonds is 1. The molecule has 0 radical (unpaired) electrons. The number of halogens is 1. The van der Waals surface area contributed by atoms with E-state index in [1.807, 2.05) is 18.2 Å². The summed E-state index contributed by atoms with van der Waals surface area (Å²) in [5.74, 6) is 0. The van der Waals surface area contributed by atoms with Crippen molar-refractivity contribution in [1.29, 1.82) is 0 Å². The summed E-state index contributed by atoms with van der Waals surface area (Å²) in [6, 6.07) is 75.6. The van der Waals surface area contributed by atoms with Crippen molar-refractivity contribution in [1.82, 2.24) is 0 Å². The van der Waals surface area contributed by atoms with E-state index in [4.69, 9.17) is 8.83 Å². The van der Waals surface area contributed by atoms with Crippen LogP contribution in [0.5, 0.6) is 0 Å². The van der Waals surface area contributed by atoms with Gasteiger partial charge < -0.3 is 18.9 Å². The first-order chi connectivity index (χ1) is 34.1. The fourth-order valence-electron chi connectivity index (χ4n) is 13.0. The molecule has 2 aromatic heterocycles. The molecule has 4 aliphatic carbocycles. The number of alkyl halides is 1. The molecule has 4 aliphatic rings. The van der Waals surface area contributed by atoms with Gasteiger partial charge in [-0.05, 0) is 84.0 Å². The normalized spacial score (nSPS) is 14.0. The van der Waals surface area contributed by atoms with Crippen LogP contribution in [0.4, 0.5) is 0 Å². The van der Waals surface area contributed by atoms with Crippen LogP contribution in [0.1, 0.15) is 44.5 Å². The Kier molecular flexibility index (Phi) is 8.61. The van der Waals surface area contributed by atoms with Gasteiger partial charge in [0.2, 0.25) is 0 Å². The van der Waals surface area contributed by atoms with Crippen molar-refractivity contribution < 1.29 is 18.9 Å². The third kappa shape index (κ3) is 5.01. The Morgan fingerprint density at radius 2 is 0.667 bits per heavy atom. The molecule has 0 aliphatic heterocycles. The third-order valence-electron chi connectivity index (χ3n) is 15.4. The van der Waals surface area contributed by atoms with Crippen molar-refractivity contribution in [2.45, 2.75) is 10.8 Å². The van der Waals surface area contributed by atoms with Crippen LogP contribution in [-0.4, -0.2) is 23.5 Å². The summed E-state index contributed by atoms with van der Waals surface area (Å²) in [6.45, 7) is 0. The molecule has 0 fully saturated rings. The summed E-state index contributed by atoms with van der Waals surface area (Å²) in [4.78, 5) is 0. The molecule has 2 N–H and O–H groups in total. The standard InChI is InChI=1S/C31H19BO3.C31H18O.CH3Cl/c33-32(34)27-15-7-11-20-21-16-17-26-28(30(21)35-29(20)27)22-10-3-6-14-25(22)31(26)23-12-4-1-8-18(23)19-9-2-5-13-24(19)31;1-5-13-24-19(9-1)20-10-2-6-14-25(20)31(24)26-15-7-3-12-23(26)29-27(31)18-17-22-21-11-4-8-16-28(21)32-30(22)29;1-2/h1-17,33-34H;1-18H;1H3. The van der Waals surface area contributed by atoms with E-state index in [9.17, 15) is 10.0 Å². The van der Waals surface area contributed by atoms with Crippen LogP contribution in [0, 0.1) is 0 Å². The molecule has 0 bridgehead atoms. The molecule has 2 heterocycles. The van der Waals surface area contributed by atoms with Crippen LogP contribution in [0.25, 0.3) is 88.4 Å². The van der Waals surface area contributed by atoms with Gasteiger partial charge >= 0.3 is 7.12 Å². The monoisotopic (exact) mass is 906 g/mol. The Morgan fingerprint density at radius 3 is 1.13 bits per heavy atom. The highest BCUT2D eigenvalue weighted by atomic mass is 35.5. The maximum Gasteiger partial charge on any atom is 0.492 e. The predicted octanol–water partition coefficient (Wildman–Crippen LogP) is 14.4. The molecule has 2 spiro atoms. The zero-order valence-electron chi connectivity index (χ0n) is 37.4. The smallest absolute Gasteiger partial charge is 0.456 e. The molecular formula is C63H40BClO4. The second-order valence-corrected chi connectivity index (χ2v) is 18.3. The first-order valence-corrected chi connectivity index (χ1v) is 24.1. The van der Waals surface area contributed by atoms with Crippen LogP contribution in [0.3, 0.4) is 0 Å². The molecule has 16 rings (SSSR count). The van der Waals surface area contributed by atoms with E-state index in [0.29, 0.717) is 11.0 Å². The van der Waals surface area contributed by atoms with Crippen molar-refractivity contribution >= 4 is 68.1 Å². The molecule has 10 aromatic carbocycles. The quantitative estimate of drug-likeness (QED) is 0.127. The van der Waals surface area contributed by atoms with Gasteiger partial charge in [-0.3, -0.25) is 0 Å². The van der Waals surface area contributed by atoms with E-state index in [0.717, 1.165) is 38.6 Å². The van der Waals surface area contributed by atoms with E-state index in [1.54, 1.807) is 6.07 Å². The lowest BCUT2D eigenvalue weighted by Crippen LogP contribution is -2.29. The van der Waals surface area contributed by atoms with Gasteiger partial charge in [0, 0.05) is 44.5 Å². The molecule has 4 nitrogen and oxygen atoms in total. The van der Waals surface area contributed by atoms with Gasteiger partial charge in [0.05, 0.1) is 10.8 Å². The SMILES string of the molecule is CCl.OB(O)c1cccc2c1oc1c3c(ccc12)C1(c2ccccc2-c2ccccc21)c1ccccc1-3.c1ccc2c(c1)-c1ccccc1C21c2ccccc2-c2c1ccc1c2oc2ccccc21. The molecule has 0 saturated heterocycles. The van der Waals surface area contributed by atoms with E-state index in [1.165, 1.54) is 95.0 Å². The van der Waals surface area contributed by atoms with Gasteiger partial charge in [0.25, 0.3) is 0 Å². The average Bonchev–Trinajstić information content (AvgIpc) is 4.24. The summed E-state index contributed by atoms with van der Waals surface area (Å²) >= 11 is 4.64. The zero-order valence-corrected chi connectivity index (χ0v) is 38.1. The van der Waals surface area contributed by atoms with Crippen LogP contribution >= 0.6 is 11.6 Å². The van der Waals surface area contributed by atoms with E-state index >= 15 is 0 Å². The highest BCUT2D eigenvalue weighted by molar-refractivity contribution is 6.61. The highest BCUT2D eigenvalue weighted by Crippen LogP contribution is 2.65. The molecule has 0 atom stereocenters. The average molecular weight is 907 g/mol. The van der Waals surface area contributed by atoms with Gasteiger partial charge in [0.1, 0.15) is 22.3 Å². The molecule has 0 unspecified atom stereocenters. The van der Waals surface area contributed by atoms with Gasteiger partial charge in [-0.15, -0.1) is 11.6 Å². The van der Waals surface area contributed by atoms with E-state index in [-0.39, 0.29) is 5.41 Å². The van der Waals surface area contributed by atoms with Gasteiger partial charge in [-0.2, -0.15) is 0 Å². The minimum atomic E-state index is -1.60. The summed E-state index contributed by atoms with van der Waals surface area (Å²) in [5, 5.41) is 24.2. The summed E-state index contributed by atoms with van der Waals surface area (Å²) in [7, 11) is -1.60. The minimum absolute atomic E-state index is 0.313. The Balaban J connectivity index is 0.000000126. The second-order valence-electron chi connectivity index (χ2n) is 18.3. The fraction of sp³-hybridized carbons (Fsp3) is 0.0476. The maximum absolute atomic E-state index is 9.98. The van der Waals surface area contributed by atoms with Crippen molar-refractivity contribution in [3.63, 3.8) is 0 Å².